The fraction of sp³-hybridized carbons (Fsp3) is 0.588. The molecule has 0 bridgehead atoms. The lowest BCUT2D eigenvalue weighted by Crippen LogP contribution is -2.52. The van der Waals surface area contributed by atoms with E-state index < -0.39 is 0 Å². The van der Waals surface area contributed by atoms with Crippen molar-refractivity contribution in [1.82, 2.24) is 5.32 Å². The molecular formula is C17H28N2O2S. The molecule has 0 saturated heterocycles. The van der Waals surface area contributed by atoms with Crippen molar-refractivity contribution < 1.29 is 9.53 Å². The van der Waals surface area contributed by atoms with Gasteiger partial charge in [0, 0.05) is 17.0 Å². The predicted octanol–water partition coefficient (Wildman–Crippen LogP) is 3.06. The highest BCUT2D eigenvalue weighted by molar-refractivity contribution is 8.00. The number of rotatable bonds is 9. The second-order valence-electron chi connectivity index (χ2n) is 6.10. The van der Waals surface area contributed by atoms with Crippen LogP contribution in [0.2, 0.25) is 0 Å². The molecule has 5 heteroatoms. The molecule has 0 aliphatic rings. The fourth-order valence-corrected chi connectivity index (χ4v) is 3.11. The number of nitrogens with one attached hydrogen (secondary N) is 1. The van der Waals surface area contributed by atoms with Crippen LogP contribution < -0.4 is 15.8 Å². The zero-order valence-electron chi connectivity index (χ0n) is 14.0. The van der Waals surface area contributed by atoms with E-state index in [1.807, 2.05) is 38.1 Å². The number of thioether (sulfide) groups is 1. The molecule has 124 valence electrons. The molecule has 3 N–H and O–H groups in total. The topological polar surface area (TPSA) is 64.3 Å². The molecule has 0 fully saturated rings. The third-order valence-electron chi connectivity index (χ3n) is 3.26. The molecule has 0 aliphatic carbocycles. The minimum atomic E-state index is -0.329. The zero-order chi connectivity index (χ0) is 16.6. The molecule has 1 atom stereocenters. The first-order chi connectivity index (χ1) is 10.4. The average Bonchev–Trinajstić information content (AvgIpc) is 2.46. The van der Waals surface area contributed by atoms with Gasteiger partial charge >= 0.3 is 0 Å². The van der Waals surface area contributed by atoms with Crippen LogP contribution in [0.4, 0.5) is 0 Å². The summed E-state index contributed by atoms with van der Waals surface area (Å²) in [6.07, 6.45) is 0.878. The van der Waals surface area contributed by atoms with E-state index in [4.69, 9.17) is 10.5 Å². The Hall–Kier alpha value is -1.20. The molecule has 4 nitrogen and oxygen atoms in total. The lowest BCUT2D eigenvalue weighted by atomic mass is 9.91. The maximum absolute atomic E-state index is 12.1. The Bertz CT molecular complexity index is 462. The highest BCUT2D eigenvalue weighted by Gasteiger charge is 2.25. The molecule has 1 unspecified atom stereocenters. The van der Waals surface area contributed by atoms with Crippen molar-refractivity contribution in [2.24, 2.45) is 11.7 Å². The van der Waals surface area contributed by atoms with Gasteiger partial charge in [0.2, 0.25) is 5.91 Å². The zero-order valence-corrected chi connectivity index (χ0v) is 14.8. The van der Waals surface area contributed by atoms with Crippen LogP contribution in [0.5, 0.6) is 5.75 Å². The van der Waals surface area contributed by atoms with Crippen LogP contribution in [0.15, 0.2) is 29.2 Å². The Balaban J connectivity index is 2.48. The molecule has 1 aromatic carbocycles. The molecule has 0 heterocycles. The summed E-state index contributed by atoms with van der Waals surface area (Å²) in [7, 11) is 0. The molecule has 0 radical (unpaired) electrons. The first-order valence-electron chi connectivity index (χ1n) is 7.75. The van der Waals surface area contributed by atoms with E-state index in [9.17, 15) is 4.79 Å². The van der Waals surface area contributed by atoms with Gasteiger partial charge in [-0.15, -0.1) is 11.8 Å². The first-order valence-corrected chi connectivity index (χ1v) is 8.74. The third kappa shape index (κ3) is 6.71. The second kappa shape index (κ2) is 9.06. The summed E-state index contributed by atoms with van der Waals surface area (Å²) in [4.78, 5) is 13.2. The van der Waals surface area contributed by atoms with Crippen molar-refractivity contribution in [3.8, 4) is 5.75 Å². The largest absolute Gasteiger partial charge is 0.494 e. The average molecular weight is 324 g/mol. The summed E-state index contributed by atoms with van der Waals surface area (Å²) >= 11 is 1.52. The van der Waals surface area contributed by atoms with Gasteiger partial charge in [-0.1, -0.05) is 13.8 Å². The molecule has 22 heavy (non-hydrogen) atoms. The Kier molecular flexibility index (Phi) is 7.76. The van der Waals surface area contributed by atoms with E-state index in [0.717, 1.165) is 17.1 Å². The molecule has 1 aromatic rings. The lowest BCUT2D eigenvalue weighted by Gasteiger charge is -2.31. The van der Waals surface area contributed by atoms with Crippen LogP contribution in [0.1, 0.15) is 34.1 Å². The van der Waals surface area contributed by atoms with Gasteiger partial charge in [-0.3, -0.25) is 4.79 Å². The number of carbonyl (C=O) groups excluding carboxylic acids is 1. The highest BCUT2D eigenvalue weighted by atomic mass is 32.2. The minimum absolute atomic E-state index is 0.0208. The van der Waals surface area contributed by atoms with Gasteiger partial charge in [-0.05, 0) is 50.5 Å². The van der Waals surface area contributed by atoms with Gasteiger partial charge in [-0.25, -0.2) is 0 Å². The van der Waals surface area contributed by atoms with Crippen molar-refractivity contribution in [2.45, 2.75) is 44.6 Å². The van der Waals surface area contributed by atoms with Crippen molar-refractivity contribution in [2.75, 3.05) is 18.9 Å². The number of hydrogen-bond donors (Lipinski definition) is 2. The number of carbonyl (C=O) groups is 1. The maximum atomic E-state index is 12.1. The number of hydrogen-bond acceptors (Lipinski definition) is 4. The molecule has 0 aromatic heterocycles. The number of benzene rings is 1. The van der Waals surface area contributed by atoms with Gasteiger partial charge in [-0.2, -0.15) is 0 Å². The summed E-state index contributed by atoms with van der Waals surface area (Å²) in [6, 6.07) is 7.79. The van der Waals surface area contributed by atoms with Crippen molar-refractivity contribution in [3.05, 3.63) is 24.3 Å². The predicted molar refractivity (Wildman–Crippen MR) is 93.4 cm³/mol. The van der Waals surface area contributed by atoms with Gasteiger partial charge in [0.05, 0.1) is 12.4 Å². The third-order valence-corrected chi connectivity index (χ3v) is 4.27. The molecule has 0 saturated carbocycles. The number of ether oxygens (including phenoxy) is 1. The van der Waals surface area contributed by atoms with Crippen LogP contribution in [-0.4, -0.2) is 30.4 Å². The SMILES string of the molecule is CCOc1ccc(SCC(=O)NC(C)(CN)CC(C)C)cc1. The lowest BCUT2D eigenvalue weighted by molar-refractivity contribution is -0.120. The summed E-state index contributed by atoms with van der Waals surface area (Å²) in [6.45, 7) is 9.33. The molecular weight excluding hydrogens is 296 g/mol. The first kappa shape index (κ1) is 18.8. The van der Waals surface area contributed by atoms with Crippen molar-refractivity contribution >= 4 is 17.7 Å². The normalized spacial score (nSPS) is 13.7. The van der Waals surface area contributed by atoms with Crippen LogP contribution in [-0.2, 0) is 4.79 Å². The van der Waals surface area contributed by atoms with Gasteiger partial charge < -0.3 is 15.8 Å². The quantitative estimate of drug-likeness (QED) is 0.685. The molecule has 1 rings (SSSR count). The van der Waals surface area contributed by atoms with Gasteiger partial charge in [0.15, 0.2) is 0 Å². The Morgan fingerprint density at radius 1 is 1.36 bits per heavy atom. The van der Waals surface area contributed by atoms with Crippen LogP contribution in [0, 0.1) is 5.92 Å². The molecule has 1 amide bonds. The van der Waals surface area contributed by atoms with Crippen molar-refractivity contribution in [3.63, 3.8) is 0 Å². The van der Waals surface area contributed by atoms with E-state index in [2.05, 4.69) is 19.2 Å². The molecule has 0 spiro atoms. The van der Waals surface area contributed by atoms with E-state index >= 15 is 0 Å². The number of amides is 1. The monoisotopic (exact) mass is 324 g/mol. The van der Waals surface area contributed by atoms with Gasteiger partial charge in [0.25, 0.3) is 0 Å². The van der Waals surface area contributed by atoms with Crippen LogP contribution >= 0.6 is 11.8 Å². The van der Waals surface area contributed by atoms with E-state index in [0.29, 0.717) is 24.8 Å². The Morgan fingerprint density at radius 2 is 2.00 bits per heavy atom. The minimum Gasteiger partial charge on any atom is -0.494 e. The van der Waals surface area contributed by atoms with E-state index in [1.165, 1.54) is 11.8 Å². The smallest absolute Gasteiger partial charge is 0.230 e. The Morgan fingerprint density at radius 3 is 2.50 bits per heavy atom. The summed E-state index contributed by atoms with van der Waals surface area (Å²) < 4.78 is 5.40. The summed E-state index contributed by atoms with van der Waals surface area (Å²) in [5.74, 6) is 1.76. The molecule has 0 aliphatic heterocycles. The summed E-state index contributed by atoms with van der Waals surface area (Å²) in [5.41, 5.74) is 5.49. The number of nitrogens with two attached hydrogens (primary N) is 1. The fourth-order valence-electron chi connectivity index (χ4n) is 2.41. The highest BCUT2D eigenvalue weighted by Crippen LogP contribution is 2.22. The Labute approximate surface area is 138 Å². The van der Waals surface area contributed by atoms with Crippen LogP contribution in [0.3, 0.4) is 0 Å². The summed E-state index contributed by atoms with van der Waals surface area (Å²) in [5, 5.41) is 3.07. The second-order valence-corrected chi connectivity index (χ2v) is 7.15. The van der Waals surface area contributed by atoms with Crippen molar-refractivity contribution in [1.29, 1.82) is 0 Å². The van der Waals surface area contributed by atoms with E-state index in [-0.39, 0.29) is 11.4 Å². The standard InChI is InChI=1S/C17H28N2O2S/c1-5-21-14-6-8-15(9-7-14)22-11-16(20)19-17(4,12-18)10-13(2)3/h6-9,13H,5,10-12,18H2,1-4H3,(H,19,20). The van der Waals surface area contributed by atoms with Crippen LogP contribution in [0.25, 0.3) is 0 Å². The van der Waals surface area contributed by atoms with Gasteiger partial charge in [0.1, 0.15) is 5.75 Å². The van der Waals surface area contributed by atoms with E-state index in [1.54, 1.807) is 0 Å². The maximum Gasteiger partial charge on any atom is 0.230 e.